The number of carbonyl (C=O) groups is 1. The van der Waals surface area contributed by atoms with Crippen molar-refractivity contribution in [3.8, 4) is 0 Å². The summed E-state index contributed by atoms with van der Waals surface area (Å²) in [5.74, 6) is -1.70. The third-order valence-corrected chi connectivity index (χ3v) is 5.66. The molecule has 6 atom stereocenters. The second kappa shape index (κ2) is 10.7. The van der Waals surface area contributed by atoms with Gasteiger partial charge in [-0.3, -0.25) is 9.53 Å². The number of hydrogen-bond donors (Lipinski definition) is 0. The summed E-state index contributed by atoms with van der Waals surface area (Å²) in [6.45, 7) is 3.69. The van der Waals surface area contributed by atoms with Gasteiger partial charge in [0.15, 0.2) is 6.29 Å². The van der Waals surface area contributed by atoms with Crippen LogP contribution in [0.25, 0.3) is 0 Å². The first-order valence-electron chi connectivity index (χ1n) is 11.0. The lowest BCUT2D eigenvalue weighted by Crippen LogP contribution is -2.59. The molecule has 0 N–H and O–H groups in total. The fourth-order valence-corrected chi connectivity index (χ4v) is 3.94. The number of rotatable bonds is 9. The Morgan fingerprint density at radius 1 is 0.909 bits per heavy atom. The summed E-state index contributed by atoms with van der Waals surface area (Å²) < 4.78 is 41.4. The minimum absolute atomic E-state index is 0.00371. The number of esters is 1. The molecule has 2 aliphatic rings. The van der Waals surface area contributed by atoms with E-state index >= 15 is 0 Å². The zero-order valence-corrected chi connectivity index (χ0v) is 19.0. The standard InChI is InChI=1S/C25H30O8/c1-17(26)28-16-20-21(29-14-18-10-6-4-7-11-18)22(30-15-19-12-8-5-9-13-19)23-24(31-20)33-25(2,27-3)32-23/h4-13,20-24H,14-16H2,1-3H3/t20-,21-,22+,23-,24-,25?/m1/s1. The molecule has 8 heteroatoms. The smallest absolute Gasteiger partial charge is 0.302 e. The van der Waals surface area contributed by atoms with Gasteiger partial charge in [0.2, 0.25) is 0 Å². The average molecular weight is 459 g/mol. The largest absolute Gasteiger partial charge is 0.463 e. The molecule has 0 aromatic heterocycles. The van der Waals surface area contributed by atoms with E-state index in [0.717, 1.165) is 11.1 Å². The van der Waals surface area contributed by atoms with E-state index in [0.29, 0.717) is 13.2 Å². The fourth-order valence-electron chi connectivity index (χ4n) is 3.94. The minimum Gasteiger partial charge on any atom is -0.463 e. The Hall–Kier alpha value is -2.33. The van der Waals surface area contributed by atoms with E-state index in [-0.39, 0.29) is 6.61 Å². The van der Waals surface area contributed by atoms with Crippen molar-refractivity contribution in [3.63, 3.8) is 0 Å². The lowest BCUT2D eigenvalue weighted by Gasteiger charge is -2.42. The zero-order valence-electron chi connectivity index (χ0n) is 19.0. The Kier molecular flexibility index (Phi) is 7.75. The highest BCUT2D eigenvalue weighted by Crippen LogP contribution is 2.39. The molecule has 178 valence electrons. The summed E-state index contributed by atoms with van der Waals surface area (Å²) in [7, 11) is 1.50. The summed E-state index contributed by atoms with van der Waals surface area (Å²) in [6, 6.07) is 19.6. The van der Waals surface area contributed by atoms with Gasteiger partial charge >= 0.3 is 5.97 Å². The van der Waals surface area contributed by atoms with Crippen molar-refractivity contribution >= 4 is 5.97 Å². The first kappa shape index (κ1) is 23.8. The first-order valence-corrected chi connectivity index (χ1v) is 11.0. The lowest BCUT2D eigenvalue weighted by molar-refractivity contribution is -0.334. The molecule has 0 spiro atoms. The van der Waals surface area contributed by atoms with Crippen molar-refractivity contribution in [3.05, 3.63) is 71.8 Å². The quantitative estimate of drug-likeness (QED) is 0.530. The van der Waals surface area contributed by atoms with Crippen LogP contribution in [-0.4, -0.2) is 56.4 Å². The number of hydrogen-bond acceptors (Lipinski definition) is 8. The number of benzene rings is 2. The van der Waals surface area contributed by atoms with Crippen molar-refractivity contribution in [1.29, 1.82) is 0 Å². The number of fused-ring (bicyclic) bond motifs is 1. The molecule has 0 radical (unpaired) electrons. The molecule has 0 aliphatic carbocycles. The predicted octanol–water partition coefficient (Wildman–Crippen LogP) is 3.18. The monoisotopic (exact) mass is 458 g/mol. The van der Waals surface area contributed by atoms with Crippen LogP contribution in [0.3, 0.4) is 0 Å². The summed E-state index contributed by atoms with van der Waals surface area (Å²) in [4.78, 5) is 11.5. The Bertz CT molecular complexity index is 892. The highest BCUT2D eigenvalue weighted by Gasteiger charge is 2.57. The van der Waals surface area contributed by atoms with Gasteiger partial charge in [-0.1, -0.05) is 60.7 Å². The molecule has 2 saturated heterocycles. The van der Waals surface area contributed by atoms with E-state index in [1.54, 1.807) is 6.92 Å². The van der Waals surface area contributed by atoms with Gasteiger partial charge in [0.1, 0.15) is 31.0 Å². The van der Waals surface area contributed by atoms with Crippen molar-refractivity contribution in [2.24, 2.45) is 0 Å². The summed E-state index contributed by atoms with van der Waals surface area (Å²) >= 11 is 0. The third-order valence-electron chi connectivity index (χ3n) is 5.66. The van der Waals surface area contributed by atoms with Crippen LogP contribution in [0.1, 0.15) is 25.0 Å². The van der Waals surface area contributed by atoms with Gasteiger partial charge in [-0.25, -0.2) is 0 Å². The maximum atomic E-state index is 11.5. The molecule has 8 nitrogen and oxygen atoms in total. The molecule has 4 rings (SSSR count). The molecule has 0 saturated carbocycles. The molecule has 2 aliphatic heterocycles. The molecule has 1 unspecified atom stereocenters. The molecule has 0 amide bonds. The van der Waals surface area contributed by atoms with E-state index in [4.69, 9.17) is 33.2 Å². The Labute approximate surface area is 193 Å². The molecular weight excluding hydrogens is 428 g/mol. The second-order valence-corrected chi connectivity index (χ2v) is 8.13. The van der Waals surface area contributed by atoms with Gasteiger partial charge in [-0.2, -0.15) is 0 Å². The Morgan fingerprint density at radius 2 is 1.48 bits per heavy atom. The van der Waals surface area contributed by atoms with Crippen LogP contribution in [0.5, 0.6) is 0 Å². The Morgan fingerprint density at radius 3 is 2.03 bits per heavy atom. The summed E-state index contributed by atoms with van der Waals surface area (Å²) in [5.41, 5.74) is 2.00. The number of ether oxygens (including phenoxy) is 7. The average Bonchev–Trinajstić information content (AvgIpc) is 3.18. The predicted molar refractivity (Wildman–Crippen MR) is 117 cm³/mol. The van der Waals surface area contributed by atoms with Crippen molar-refractivity contribution in [1.82, 2.24) is 0 Å². The topological polar surface area (TPSA) is 81.7 Å². The van der Waals surface area contributed by atoms with E-state index in [1.165, 1.54) is 14.0 Å². The Balaban J connectivity index is 1.58. The molecule has 0 bridgehead atoms. The highest BCUT2D eigenvalue weighted by molar-refractivity contribution is 5.65. The van der Waals surface area contributed by atoms with E-state index < -0.39 is 42.6 Å². The lowest BCUT2D eigenvalue weighted by atomic mass is 9.98. The molecule has 2 aromatic carbocycles. The van der Waals surface area contributed by atoms with Gasteiger partial charge in [-0.05, 0) is 11.1 Å². The normalized spacial score (nSPS) is 31.2. The van der Waals surface area contributed by atoms with Crippen LogP contribution >= 0.6 is 0 Å². The maximum Gasteiger partial charge on any atom is 0.302 e. The van der Waals surface area contributed by atoms with Gasteiger partial charge in [0.05, 0.1) is 13.2 Å². The van der Waals surface area contributed by atoms with Gasteiger partial charge in [0, 0.05) is 21.0 Å². The molecule has 33 heavy (non-hydrogen) atoms. The van der Waals surface area contributed by atoms with E-state index in [9.17, 15) is 4.79 Å². The molecule has 2 fully saturated rings. The van der Waals surface area contributed by atoms with Gasteiger partial charge < -0.3 is 28.4 Å². The maximum absolute atomic E-state index is 11.5. The van der Waals surface area contributed by atoms with Crippen LogP contribution in [0.2, 0.25) is 0 Å². The third kappa shape index (κ3) is 5.97. The number of methoxy groups -OCH3 is 1. The van der Waals surface area contributed by atoms with Crippen LogP contribution in [0.15, 0.2) is 60.7 Å². The van der Waals surface area contributed by atoms with Crippen molar-refractivity contribution < 1.29 is 38.0 Å². The first-order chi connectivity index (χ1) is 16.0. The van der Waals surface area contributed by atoms with Crippen molar-refractivity contribution in [2.75, 3.05) is 13.7 Å². The highest BCUT2D eigenvalue weighted by atomic mass is 16.9. The van der Waals surface area contributed by atoms with Gasteiger partial charge in [0.25, 0.3) is 5.97 Å². The van der Waals surface area contributed by atoms with Gasteiger partial charge in [-0.15, -0.1) is 0 Å². The van der Waals surface area contributed by atoms with Crippen LogP contribution in [-0.2, 0) is 51.2 Å². The molecule has 2 aromatic rings. The van der Waals surface area contributed by atoms with Crippen LogP contribution in [0, 0.1) is 0 Å². The zero-order chi connectivity index (χ0) is 23.3. The molecule has 2 heterocycles. The van der Waals surface area contributed by atoms with Crippen LogP contribution in [0.4, 0.5) is 0 Å². The van der Waals surface area contributed by atoms with Crippen LogP contribution < -0.4 is 0 Å². The SMILES string of the molecule is COC1(C)O[C@H]2O[C@H](COC(C)=O)[C@@H](OCc3ccccc3)[C@H](OCc3ccccc3)[C@H]2O1. The number of carbonyl (C=O) groups excluding carboxylic acids is 1. The molecular formula is C25H30O8. The summed E-state index contributed by atoms with van der Waals surface area (Å²) in [5, 5.41) is 0. The van der Waals surface area contributed by atoms with E-state index in [1.807, 2.05) is 60.7 Å². The summed E-state index contributed by atoms with van der Waals surface area (Å²) in [6.07, 6.45) is -3.15. The van der Waals surface area contributed by atoms with E-state index in [2.05, 4.69) is 0 Å². The van der Waals surface area contributed by atoms with Crippen molar-refractivity contribution in [2.45, 2.75) is 63.7 Å². The minimum atomic E-state index is -1.29. The second-order valence-electron chi connectivity index (χ2n) is 8.13. The fraction of sp³-hybridized carbons (Fsp3) is 0.480.